The molecule has 0 aliphatic heterocycles. The van der Waals surface area contributed by atoms with Crippen LogP contribution in [0.1, 0.15) is 251 Å². The van der Waals surface area contributed by atoms with Crippen molar-refractivity contribution in [2.45, 2.75) is 240 Å². The highest BCUT2D eigenvalue weighted by Gasteiger charge is 2.11. The number of benzene rings is 2. The van der Waals surface area contributed by atoms with Gasteiger partial charge in [0.2, 0.25) is 0 Å². The summed E-state index contributed by atoms with van der Waals surface area (Å²) < 4.78 is 0. The minimum absolute atomic E-state index is 0.979. The topological polar surface area (TPSA) is 24.7 Å². The molecule has 0 bridgehead atoms. The Morgan fingerprint density at radius 3 is 0.947 bits per heavy atom. The van der Waals surface area contributed by atoms with E-state index < -0.39 is 0 Å². The molecule has 0 aliphatic carbocycles. The third-order valence-corrected chi connectivity index (χ3v) is 11.5. The second-order valence-electron chi connectivity index (χ2n) is 17.0. The summed E-state index contributed by atoms with van der Waals surface area (Å²) in [6, 6.07) is 17.7. The van der Waals surface area contributed by atoms with Crippen LogP contribution in [0.4, 0.5) is 11.4 Å². The van der Waals surface area contributed by atoms with Crippen molar-refractivity contribution in [3.05, 3.63) is 71.8 Å². The van der Waals surface area contributed by atoms with Crippen molar-refractivity contribution in [1.29, 1.82) is 0 Å². The number of unbranched alkanes of at least 4 members (excludes halogenated alkanes) is 27. The van der Waals surface area contributed by atoms with Gasteiger partial charge in [-0.15, -0.1) is 0 Å². The number of allylic oxidation sites excluding steroid dienone is 2. The van der Waals surface area contributed by atoms with E-state index in [0.717, 1.165) is 49.9 Å². The molecular formula is C55H90N2. The van der Waals surface area contributed by atoms with Crippen molar-refractivity contribution in [1.82, 2.24) is 0 Å². The summed E-state index contributed by atoms with van der Waals surface area (Å²) in [6.45, 7) is 9.14. The second kappa shape index (κ2) is 37.5. The number of aliphatic imine (C=N–C) groups is 2. The Balaban J connectivity index is 1.92. The van der Waals surface area contributed by atoms with Gasteiger partial charge in [-0.05, 0) is 86.8 Å². The van der Waals surface area contributed by atoms with Crippen LogP contribution in [-0.2, 0) is 0 Å². The maximum atomic E-state index is 5.34. The highest BCUT2D eigenvalue weighted by atomic mass is 14.8. The van der Waals surface area contributed by atoms with Crippen LogP contribution in [0.25, 0.3) is 12.2 Å². The first-order valence-electron chi connectivity index (χ1n) is 24.9. The van der Waals surface area contributed by atoms with Crippen molar-refractivity contribution >= 4 is 35.0 Å². The standard InChI is InChI=1S/C55H90N2/c1-5-9-13-16-19-20-21-22-23-24-25-26-27-28-29-30-31-34-37-41-55(57-53-48-44-51(45-49-53)39-36-33-18-15-11-7-3)54(40-12-8-4)56-52-46-42-50(43-47-52)38-35-32-17-14-10-6-2/h35-36,38-39,42-49H,5-34,37,40-41H2,1-4H3. The Labute approximate surface area is 355 Å². The molecule has 0 atom stereocenters. The molecular weight excluding hydrogens is 689 g/mol. The van der Waals surface area contributed by atoms with Crippen LogP contribution >= 0.6 is 0 Å². The zero-order valence-electron chi connectivity index (χ0n) is 38.2. The summed E-state index contributed by atoms with van der Waals surface area (Å²) in [6.07, 6.45) is 53.0. The lowest BCUT2D eigenvalue weighted by Gasteiger charge is -2.12. The lowest BCUT2D eigenvalue weighted by Crippen LogP contribution is -2.14. The van der Waals surface area contributed by atoms with Gasteiger partial charge in [-0.25, -0.2) is 0 Å². The van der Waals surface area contributed by atoms with Gasteiger partial charge in [0.05, 0.1) is 22.8 Å². The van der Waals surface area contributed by atoms with Gasteiger partial charge in [-0.1, -0.05) is 237 Å². The molecule has 2 rings (SSSR count). The fourth-order valence-corrected chi connectivity index (χ4v) is 7.69. The van der Waals surface area contributed by atoms with Crippen LogP contribution in [-0.4, -0.2) is 11.4 Å². The molecule has 0 unspecified atom stereocenters. The summed E-state index contributed by atoms with van der Waals surface area (Å²) in [5.74, 6) is 0. The van der Waals surface area contributed by atoms with Crippen molar-refractivity contribution in [3.8, 4) is 0 Å². The SMILES string of the molecule is CCCCCCC=Cc1ccc(N=C(CCCC)C(CCCCCCCCCCCCCCCCCCCCC)=Nc2ccc(C=CCCCCCC)cc2)cc1. The predicted molar refractivity (Wildman–Crippen MR) is 260 cm³/mol. The van der Waals surface area contributed by atoms with E-state index >= 15 is 0 Å². The van der Waals surface area contributed by atoms with Crippen LogP contribution in [0.5, 0.6) is 0 Å². The van der Waals surface area contributed by atoms with Gasteiger partial charge < -0.3 is 0 Å². The molecule has 0 amide bonds. The van der Waals surface area contributed by atoms with Gasteiger partial charge in [-0.3, -0.25) is 9.98 Å². The highest BCUT2D eigenvalue weighted by molar-refractivity contribution is 6.43. The van der Waals surface area contributed by atoms with Gasteiger partial charge in [0, 0.05) is 0 Å². The van der Waals surface area contributed by atoms with Crippen LogP contribution < -0.4 is 0 Å². The van der Waals surface area contributed by atoms with Crippen LogP contribution in [0.15, 0.2) is 70.7 Å². The minimum atomic E-state index is 0.979. The molecule has 0 saturated carbocycles. The van der Waals surface area contributed by atoms with E-state index in [1.165, 1.54) is 196 Å². The van der Waals surface area contributed by atoms with E-state index in [1.807, 2.05) is 0 Å². The van der Waals surface area contributed by atoms with Crippen molar-refractivity contribution in [3.63, 3.8) is 0 Å². The van der Waals surface area contributed by atoms with Crippen molar-refractivity contribution in [2.24, 2.45) is 9.98 Å². The van der Waals surface area contributed by atoms with E-state index in [9.17, 15) is 0 Å². The quantitative estimate of drug-likeness (QED) is 0.0479. The second-order valence-corrected chi connectivity index (χ2v) is 17.0. The third-order valence-electron chi connectivity index (χ3n) is 11.5. The first-order chi connectivity index (χ1) is 28.2. The normalized spacial score (nSPS) is 12.5. The smallest absolute Gasteiger partial charge is 0.0634 e. The number of hydrogen-bond acceptors (Lipinski definition) is 2. The van der Waals surface area contributed by atoms with E-state index in [1.54, 1.807) is 0 Å². The molecule has 0 heterocycles. The lowest BCUT2D eigenvalue weighted by molar-refractivity contribution is 0.524. The fourth-order valence-electron chi connectivity index (χ4n) is 7.69. The highest BCUT2D eigenvalue weighted by Crippen LogP contribution is 2.22. The average Bonchev–Trinajstić information content (AvgIpc) is 3.23. The maximum Gasteiger partial charge on any atom is 0.0634 e. The Hall–Kier alpha value is -2.74. The lowest BCUT2D eigenvalue weighted by atomic mass is 10.0. The monoisotopic (exact) mass is 779 g/mol. The Morgan fingerprint density at radius 1 is 0.333 bits per heavy atom. The number of nitrogens with zero attached hydrogens (tertiary/aromatic N) is 2. The molecule has 0 spiro atoms. The van der Waals surface area contributed by atoms with Gasteiger partial charge in [0.25, 0.3) is 0 Å². The summed E-state index contributed by atoms with van der Waals surface area (Å²) >= 11 is 0. The van der Waals surface area contributed by atoms with Crippen LogP contribution in [0, 0.1) is 0 Å². The van der Waals surface area contributed by atoms with Gasteiger partial charge >= 0.3 is 0 Å². The molecule has 0 N–H and O–H groups in total. The summed E-state index contributed by atoms with van der Waals surface area (Å²) in [4.78, 5) is 10.6. The first-order valence-corrected chi connectivity index (χ1v) is 24.9. The third kappa shape index (κ3) is 28.3. The van der Waals surface area contributed by atoms with E-state index in [0.29, 0.717) is 0 Å². The molecule has 320 valence electrons. The van der Waals surface area contributed by atoms with Gasteiger partial charge in [0.1, 0.15) is 0 Å². The van der Waals surface area contributed by atoms with Crippen LogP contribution in [0.3, 0.4) is 0 Å². The molecule has 0 fully saturated rings. The zero-order valence-corrected chi connectivity index (χ0v) is 38.2. The Kier molecular flexibility index (Phi) is 33.2. The first kappa shape index (κ1) is 50.4. The average molecular weight is 779 g/mol. The molecule has 2 aromatic rings. The minimum Gasteiger partial charge on any atom is -0.252 e. The predicted octanol–water partition coefficient (Wildman–Crippen LogP) is 19.5. The molecule has 2 aromatic carbocycles. The largest absolute Gasteiger partial charge is 0.252 e. The van der Waals surface area contributed by atoms with E-state index in [-0.39, 0.29) is 0 Å². The Bertz CT molecular complexity index is 1300. The number of rotatable bonds is 38. The summed E-state index contributed by atoms with van der Waals surface area (Å²) in [5.41, 5.74) is 6.98. The molecule has 0 radical (unpaired) electrons. The molecule has 0 aliphatic rings. The molecule has 0 saturated heterocycles. The maximum absolute atomic E-state index is 5.34. The van der Waals surface area contributed by atoms with Crippen molar-refractivity contribution < 1.29 is 0 Å². The Morgan fingerprint density at radius 2 is 0.614 bits per heavy atom. The molecule has 57 heavy (non-hydrogen) atoms. The summed E-state index contributed by atoms with van der Waals surface area (Å²) in [5, 5.41) is 0. The fraction of sp³-hybridized carbons (Fsp3) is 0.673. The van der Waals surface area contributed by atoms with Gasteiger partial charge in [0.15, 0.2) is 0 Å². The van der Waals surface area contributed by atoms with Gasteiger partial charge in [-0.2, -0.15) is 0 Å². The van der Waals surface area contributed by atoms with Crippen LogP contribution in [0.2, 0.25) is 0 Å². The number of hydrogen-bond donors (Lipinski definition) is 0. The molecule has 0 aromatic heterocycles. The molecule has 2 nitrogen and oxygen atoms in total. The van der Waals surface area contributed by atoms with E-state index in [4.69, 9.17) is 9.98 Å². The zero-order chi connectivity index (χ0) is 40.7. The van der Waals surface area contributed by atoms with E-state index in [2.05, 4.69) is 101 Å². The van der Waals surface area contributed by atoms with Crippen molar-refractivity contribution in [2.75, 3.05) is 0 Å². The molecule has 2 heteroatoms. The summed E-state index contributed by atoms with van der Waals surface area (Å²) in [7, 11) is 0.